The second kappa shape index (κ2) is 6.11. The smallest absolute Gasteiger partial charge is 0.0613 e. The SMILES string of the molecule is CC(C)NC1(CO)CCCC(N(C)CC2CC2C)C1. The van der Waals surface area contributed by atoms with Crippen molar-refractivity contribution in [1.29, 1.82) is 0 Å². The lowest BCUT2D eigenvalue weighted by molar-refractivity contribution is 0.0620. The molecular formula is C16H32N2O. The number of hydrogen-bond acceptors (Lipinski definition) is 3. The highest BCUT2D eigenvalue weighted by molar-refractivity contribution is 4.97. The molecule has 0 saturated heterocycles. The number of nitrogens with one attached hydrogen (secondary N) is 1. The molecule has 4 atom stereocenters. The Kier molecular flexibility index (Phi) is 4.91. The molecule has 0 heterocycles. The Labute approximate surface area is 118 Å². The van der Waals surface area contributed by atoms with Gasteiger partial charge in [0.2, 0.25) is 0 Å². The molecule has 19 heavy (non-hydrogen) atoms. The van der Waals surface area contributed by atoms with Gasteiger partial charge in [0.15, 0.2) is 0 Å². The minimum Gasteiger partial charge on any atom is -0.394 e. The van der Waals surface area contributed by atoms with Crippen LogP contribution in [0.5, 0.6) is 0 Å². The van der Waals surface area contributed by atoms with Crippen LogP contribution in [0.3, 0.4) is 0 Å². The molecule has 0 spiro atoms. The molecule has 4 unspecified atom stereocenters. The highest BCUT2D eigenvalue weighted by Gasteiger charge is 2.40. The van der Waals surface area contributed by atoms with Crippen LogP contribution in [0.1, 0.15) is 52.9 Å². The van der Waals surface area contributed by atoms with Crippen molar-refractivity contribution in [2.24, 2.45) is 11.8 Å². The van der Waals surface area contributed by atoms with E-state index in [-0.39, 0.29) is 12.1 Å². The van der Waals surface area contributed by atoms with Gasteiger partial charge in [-0.3, -0.25) is 0 Å². The van der Waals surface area contributed by atoms with Crippen molar-refractivity contribution in [3.8, 4) is 0 Å². The van der Waals surface area contributed by atoms with Crippen molar-refractivity contribution in [2.75, 3.05) is 20.2 Å². The van der Waals surface area contributed by atoms with Gasteiger partial charge < -0.3 is 15.3 Å². The zero-order chi connectivity index (χ0) is 14.0. The zero-order valence-corrected chi connectivity index (χ0v) is 13.2. The number of nitrogens with zero attached hydrogens (tertiary/aromatic N) is 1. The molecule has 2 aliphatic rings. The van der Waals surface area contributed by atoms with Gasteiger partial charge in [0.25, 0.3) is 0 Å². The van der Waals surface area contributed by atoms with Crippen LogP contribution >= 0.6 is 0 Å². The molecule has 2 N–H and O–H groups in total. The molecule has 2 fully saturated rings. The maximum atomic E-state index is 9.85. The first-order chi connectivity index (χ1) is 8.96. The summed E-state index contributed by atoms with van der Waals surface area (Å²) >= 11 is 0. The van der Waals surface area contributed by atoms with Crippen LogP contribution in [0, 0.1) is 11.8 Å². The van der Waals surface area contributed by atoms with Crippen LogP contribution in [-0.2, 0) is 0 Å². The van der Waals surface area contributed by atoms with E-state index >= 15 is 0 Å². The predicted octanol–water partition coefficient (Wildman–Crippen LogP) is 2.25. The van der Waals surface area contributed by atoms with Crippen LogP contribution in [0.2, 0.25) is 0 Å². The van der Waals surface area contributed by atoms with E-state index in [1.165, 1.54) is 25.8 Å². The third-order valence-corrected chi connectivity index (χ3v) is 5.14. The van der Waals surface area contributed by atoms with E-state index in [0.717, 1.165) is 24.7 Å². The van der Waals surface area contributed by atoms with Crippen LogP contribution in [0.4, 0.5) is 0 Å². The van der Waals surface area contributed by atoms with Gasteiger partial charge in [-0.1, -0.05) is 20.8 Å². The topological polar surface area (TPSA) is 35.5 Å². The summed E-state index contributed by atoms with van der Waals surface area (Å²) in [6, 6.07) is 1.08. The Morgan fingerprint density at radius 3 is 2.63 bits per heavy atom. The summed E-state index contributed by atoms with van der Waals surface area (Å²) in [5.74, 6) is 1.86. The molecule has 0 bridgehead atoms. The summed E-state index contributed by atoms with van der Waals surface area (Å²) < 4.78 is 0. The first kappa shape index (κ1) is 15.3. The summed E-state index contributed by atoms with van der Waals surface area (Å²) in [7, 11) is 2.28. The summed E-state index contributed by atoms with van der Waals surface area (Å²) in [6.45, 7) is 8.23. The summed E-state index contributed by atoms with van der Waals surface area (Å²) in [6.07, 6.45) is 6.15. The van der Waals surface area contributed by atoms with Gasteiger partial charge in [0, 0.05) is 24.2 Å². The van der Waals surface area contributed by atoms with Crippen molar-refractivity contribution < 1.29 is 5.11 Å². The van der Waals surface area contributed by atoms with Gasteiger partial charge in [-0.25, -0.2) is 0 Å². The third-order valence-electron chi connectivity index (χ3n) is 5.14. The number of hydrogen-bond donors (Lipinski definition) is 2. The minimum absolute atomic E-state index is 0.0412. The molecular weight excluding hydrogens is 236 g/mol. The monoisotopic (exact) mass is 268 g/mol. The molecule has 2 aliphatic carbocycles. The van der Waals surface area contributed by atoms with E-state index in [9.17, 15) is 5.11 Å². The Morgan fingerprint density at radius 1 is 1.42 bits per heavy atom. The highest BCUT2D eigenvalue weighted by atomic mass is 16.3. The van der Waals surface area contributed by atoms with Crippen molar-refractivity contribution >= 4 is 0 Å². The minimum atomic E-state index is -0.0412. The summed E-state index contributed by atoms with van der Waals surface area (Å²) in [4.78, 5) is 2.56. The van der Waals surface area contributed by atoms with Crippen LogP contribution in [0.15, 0.2) is 0 Å². The molecule has 0 amide bonds. The maximum Gasteiger partial charge on any atom is 0.0613 e. The molecule has 2 saturated carbocycles. The third kappa shape index (κ3) is 3.93. The summed E-state index contributed by atoms with van der Waals surface area (Å²) in [5.41, 5.74) is -0.0412. The fraction of sp³-hybridized carbons (Fsp3) is 1.00. The molecule has 0 aromatic heterocycles. The largest absolute Gasteiger partial charge is 0.394 e. The van der Waals surface area contributed by atoms with Crippen molar-refractivity contribution in [1.82, 2.24) is 10.2 Å². The Morgan fingerprint density at radius 2 is 2.11 bits per heavy atom. The van der Waals surface area contributed by atoms with Crippen molar-refractivity contribution in [3.05, 3.63) is 0 Å². The van der Waals surface area contributed by atoms with E-state index in [0.29, 0.717) is 12.1 Å². The van der Waals surface area contributed by atoms with Gasteiger partial charge in [-0.15, -0.1) is 0 Å². The van der Waals surface area contributed by atoms with E-state index in [4.69, 9.17) is 0 Å². The molecule has 0 aromatic carbocycles. The maximum absolute atomic E-state index is 9.85. The fourth-order valence-electron chi connectivity index (χ4n) is 3.81. The van der Waals surface area contributed by atoms with E-state index in [2.05, 4.69) is 38.0 Å². The van der Waals surface area contributed by atoms with E-state index in [1.807, 2.05) is 0 Å². The predicted molar refractivity (Wildman–Crippen MR) is 80.2 cm³/mol. The summed E-state index contributed by atoms with van der Waals surface area (Å²) in [5, 5.41) is 13.5. The van der Waals surface area contributed by atoms with Gasteiger partial charge in [-0.05, 0) is 51.0 Å². The van der Waals surface area contributed by atoms with E-state index in [1.54, 1.807) is 0 Å². The molecule has 3 nitrogen and oxygen atoms in total. The van der Waals surface area contributed by atoms with Crippen molar-refractivity contribution in [2.45, 2.75) is 70.5 Å². The lowest BCUT2D eigenvalue weighted by atomic mass is 9.78. The van der Waals surface area contributed by atoms with Gasteiger partial charge in [0.05, 0.1) is 6.61 Å². The van der Waals surface area contributed by atoms with Gasteiger partial charge >= 0.3 is 0 Å². The Balaban J connectivity index is 1.90. The number of rotatable bonds is 6. The molecule has 0 aromatic rings. The lowest BCUT2D eigenvalue weighted by Gasteiger charge is -2.44. The quantitative estimate of drug-likeness (QED) is 0.775. The first-order valence-electron chi connectivity index (χ1n) is 8.04. The van der Waals surface area contributed by atoms with Crippen molar-refractivity contribution in [3.63, 3.8) is 0 Å². The van der Waals surface area contributed by atoms with Crippen LogP contribution < -0.4 is 5.32 Å². The second-order valence-electron chi connectivity index (χ2n) is 7.40. The van der Waals surface area contributed by atoms with E-state index < -0.39 is 0 Å². The second-order valence-corrected chi connectivity index (χ2v) is 7.40. The molecule has 3 heteroatoms. The average Bonchev–Trinajstić information content (AvgIpc) is 3.04. The van der Waals surface area contributed by atoms with Gasteiger partial charge in [0.1, 0.15) is 0 Å². The number of aliphatic hydroxyl groups excluding tert-OH is 1. The normalized spacial score (nSPS) is 39.0. The molecule has 112 valence electrons. The molecule has 0 radical (unpaired) electrons. The molecule has 0 aliphatic heterocycles. The zero-order valence-electron chi connectivity index (χ0n) is 13.2. The Bertz CT molecular complexity index is 294. The lowest BCUT2D eigenvalue weighted by Crippen LogP contribution is -2.57. The van der Waals surface area contributed by atoms with Gasteiger partial charge in [-0.2, -0.15) is 0 Å². The van der Waals surface area contributed by atoms with Crippen LogP contribution in [0.25, 0.3) is 0 Å². The Hall–Kier alpha value is -0.120. The fourth-order valence-corrected chi connectivity index (χ4v) is 3.81. The standard InChI is InChI=1S/C16H32N2O/c1-12(2)17-16(11-19)7-5-6-15(9-16)18(4)10-14-8-13(14)3/h12-15,17,19H,5-11H2,1-4H3. The number of aliphatic hydroxyl groups is 1. The first-order valence-corrected chi connectivity index (χ1v) is 8.04. The highest BCUT2D eigenvalue weighted by Crippen LogP contribution is 2.39. The van der Waals surface area contributed by atoms with Crippen LogP contribution in [-0.4, -0.2) is 47.8 Å². The average molecular weight is 268 g/mol. The molecule has 2 rings (SSSR count).